The number of anilines is 4. The summed E-state index contributed by atoms with van der Waals surface area (Å²) in [5.74, 6) is 0. The van der Waals surface area contributed by atoms with E-state index in [0.717, 1.165) is 22.7 Å². The van der Waals surface area contributed by atoms with Crippen LogP contribution >= 0.6 is 0 Å². The lowest BCUT2D eigenvalue weighted by Gasteiger charge is -2.29. The van der Waals surface area contributed by atoms with Gasteiger partial charge in [0.05, 0.1) is 22.1 Å². The van der Waals surface area contributed by atoms with Gasteiger partial charge < -0.3 is 19.8 Å². The molecule has 4 nitrogen and oxygen atoms in total. The summed E-state index contributed by atoms with van der Waals surface area (Å²) in [6, 6.07) is 104. The van der Waals surface area contributed by atoms with Gasteiger partial charge in [0.1, 0.15) is 0 Å². The van der Waals surface area contributed by atoms with Gasteiger partial charge in [-0.3, -0.25) is 0 Å². The van der Waals surface area contributed by atoms with Crippen LogP contribution < -0.4 is 10.6 Å². The monoisotopic (exact) mass is 1050 g/mol. The van der Waals surface area contributed by atoms with Crippen molar-refractivity contribution in [2.45, 2.75) is 26.2 Å². The zero-order valence-electron chi connectivity index (χ0n) is 46.0. The average molecular weight is 1050 g/mol. The number of hydrogen-bond donors (Lipinski definition) is 2. The lowest BCUT2D eigenvalue weighted by Crippen LogP contribution is -2.15. The van der Waals surface area contributed by atoms with Crippen molar-refractivity contribution < 1.29 is 0 Å². The van der Waals surface area contributed by atoms with Gasteiger partial charge in [0, 0.05) is 55.7 Å². The van der Waals surface area contributed by atoms with Crippen LogP contribution in [0.5, 0.6) is 0 Å². The molecule has 82 heavy (non-hydrogen) atoms. The Balaban J connectivity index is 0.712. The standard InChI is InChI=1S/C78H58N4/c1-78(2,3)77-69(53-30-40-62(41-31-53)79-60-36-26-51(27-37-60)57-34-44-74-70(48-57)66-22-12-14-24-72(66)81(74)64-18-6-4-7-19-64)50-59-46-55-16-10-11-17-56(55)47-68(59)76(77)54-32-42-63(43-33-54)80-61-38-28-52(29-39-61)58-35-45-75-71(49-58)67-23-13-15-25-73(67)82(75)65-20-8-5-9-21-65/h4-50,79-80H,1-3H3. The quantitative estimate of drug-likeness (QED) is 0.134. The first-order valence-electron chi connectivity index (χ1n) is 28.4. The summed E-state index contributed by atoms with van der Waals surface area (Å²) in [6.45, 7) is 7.05. The van der Waals surface area contributed by atoms with Crippen molar-refractivity contribution in [1.29, 1.82) is 0 Å². The summed E-state index contributed by atoms with van der Waals surface area (Å²) in [5, 5.41) is 17.4. The van der Waals surface area contributed by atoms with E-state index >= 15 is 0 Å². The van der Waals surface area contributed by atoms with Gasteiger partial charge in [-0.15, -0.1) is 0 Å². The van der Waals surface area contributed by atoms with Crippen LogP contribution in [-0.2, 0) is 5.41 Å². The zero-order valence-corrected chi connectivity index (χ0v) is 46.0. The van der Waals surface area contributed by atoms with Gasteiger partial charge in [0.15, 0.2) is 0 Å². The molecule has 0 aliphatic carbocycles. The highest BCUT2D eigenvalue weighted by Crippen LogP contribution is 2.47. The summed E-state index contributed by atoms with van der Waals surface area (Å²) in [7, 11) is 0. The van der Waals surface area contributed by atoms with Gasteiger partial charge in [-0.1, -0.05) is 178 Å². The van der Waals surface area contributed by atoms with E-state index in [9.17, 15) is 0 Å². The molecule has 0 amide bonds. The van der Waals surface area contributed by atoms with Crippen molar-refractivity contribution in [3.63, 3.8) is 0 Å². The van der Waals surface area contributed by atoms with Crippen molar-refractivity contribution in [1.82, 2.24) is 9.13 Å². The van der Waals surface area contributed by atoms with Crippen LogP contribution in [0.3, 0.4) is 0 Å². The largest absolute Gasteiger partial charge is 0.356 e. The third-order valence-corrected chi connectivity index (χ3v) is 16.5. The maximum absolute atomic E-state index is 3.72. The summed E-state index contributed by atoms with van der Waals surface area (Å²) < 4.78 is 4.73. The Morgan fingerprint density at radius 1 is 0.268 bits per heavy atom. The normalized spacial score (nSPS) is 11.8. The minimum absolute atomic E-state index is 0.186. The van der Waals surface area contributed by atoms with Crippen LogP contribution in [0.15, 0.2) is 285 Å². The van der Waals surface area contributed by atoms with Crippen molar-refractivity contribution in [3.05, 3.63) is 291 Å². The molecule has 0 saturated heterocycles. The molecule has 0 atom stereocenters. The van der Waals surface area contributed by atoms with Crippen LogP contribution in [0.25, 0.3) is 121 Å². The Morgan fingerprint density at radius 3 is 1.11 bits per heavy atom. The molecule has 15 rings (SSSR count). The third kappa shape index (κ3) is 8.64. The van der Waals surface area contributed by atoms with Gasteiger partial charge in [0.2, 0.25) is 0 Å². The third-order valence-electron chi connectivity index (χ3n) is 16.5. The molecule has 0 radical (unpaired) electrons. The molecule has 0 unspecified atom stereocenters. The molecule has 4 heteroatoms. The first-order valence-corrected chi connectivity index (χ1v) is 28.4. The molecule has 390 valence electrons. The second kappa shape index (κ2) is 19.7. The van der Waals surface area contributed by atoms with Gasteiger partial charge in [-0.2, -0.15) is 0 Å². The Labute approximate surface area is 477 Å². The maximum atomic E-state index is 3.72. The number of rotatable bonds is 10. The summed E-state index contributed by atoms with van der Waals surface area (Å²) in [4.78, 5) is 0. The molecule has 0 fully saturated rings. The summed E-state index contributed by atoms with van der Waals surface area (Å²) >= 11 is 0. The molecule has 2 heterocycles. The van der Waals surface area contributed by atoms with Gasteiger partial charge >= 0.3 is 0 Å². The van der Waals surface area contributed by atoms with Gasteiger partial charge in [0.25, 0.3) is 0 Å². The number of nitrogens with zero attached hydrogens (tertiary/aromatic N) is 2. The molecule has 2 aromatic heterocycles. The Kier molecular flexibility index (Phi) is 11.7. The molecule has 0 saturated carbocycles. The lowest BCUT2D eigenvalue weighted by atomic mass is 9.75. The van der Waals surface area contributed by atoms with Gasteiger partial charge in [-0.05, 0) is 204 Å². The molecule has 0 aliphatic heterocycles. The Morgan fingerprint density at radius 2 is 0.646 bits per heavy atom. The van der Waals surface area contributed by atoms with E-state index in [1.165, 1.54) is 127 Å². The van der Waals surface area contributed by atoms with E-state index in [1.807, 2.05) is 0 Å². The number of hydrogen-bond acceptors (Lipinski definition) is 2. The minimum atomic E-state index is -0.186. The topological polar surface area (TPSA) is 33.9 Å². The Bertz CT molecular complexity index is 4890. The van der Waals surface area contributed by atoms with E-state index < -0.39 is 0 Å². The first kappa shape index (κ1) is 48.7. The van der Waals surface area contributed by atoms with Crippen LogP contribution in [0.1, 0.15) is 26.3 Å². The molecule has 15 aromatic rings. The molecule has 0 spiro atoms. The van der Waals surface area contributed by atoms with E-state index in [1.54, 1.807) is 0 Å². The summed E-state index contributed by atoms with van der Waals surface area (Å²) in [5.41, 5.74) is 22.1. The predicted molar refractivity (Wildman–Crippen MR) is 350 cm³/mol. The van der Waals surface area contributed by atoms with E-state index in [2.05, 4.69) is 326 Å². The lowest BCUT2D eigenvalue weighted by molar-refractivity contribution is 0.594. The molecule has 13 aromatic carbocycles. The average Bonchev–Trinajstić information content (AvgIpc) is 3.79. The second-order valence-corrected chi connectivity index (χ2v) is 22.7. The minimum Gasteiger partial charge on any atom is -0.356 e. The fourth-order valence-electron chi connectivity index (χ4n) is 12.7. The molecule has 0 aliphatic rings. The van der Waals surface area contributed by atoms with Crippen molar-refractivity contribution >= 4 is 87.9 Å². The van der Waals surface area contributed by atoms with Crippen LogP contribution in [0, 0.1) is 0 Å². The summed E-state index contributed by atoms with van der Waals surface area (Å²) in [6.07, 6.45) is 0. The van der Waals surface area contributed by atoms with Crippen LogP contribution in [0.4, 0.5) is 22.7 Å². The zero-order chi connectivity index (χ0) is 54.9. The smallest absolute Gasteiger partial charge is 0.0541 e. The molecule has 0 bridgehead atoms. The van der Waals surface area contributed by atoms with E-state index in [-0.39, 0.29) is 5.41 Å². The molecular weight excluding hydrogens is 993 g/mol. The predicted octanol–water partition coefficient (Wildman–Crippen LogP) is 21.6. The molecular formula is C78H58N4. The van der Waals surface area contributed by atoms with Crippen LogP contribution in [0.2, 0.25) is 0 Å². The van der Waals surface area contributed by atoms with Crippen LogP contribution in [-0.4, -0.2) is 9.13 Å². The molecule has 2 N–H and O–H groups in total. The van der Waals surface area contributed by atoms with Crippen molar-refractivity contribution in [2.75, 3.05) is 10.6 Å². The highest BCUT2D eigenvalue weighted by molar-refractivity contribution is 6.12. The highest BCUT2D eigenvalue weighted by Gasteiger charge is 2.27. The number of para-hydroxylation sites is 4. The van der Waals surface area contributed by atoms with E-state index in [4.69, 9.17) is 0 Å². The van der Waals surface area contributed by atoms with Gasteiger partial charge in [-0.25, -0.2) is 0 Å². The number of aromatic nitrogens is 2. The van der Waals surface area contributed by atoms with E-state index in [0.29, 0.717) is 0 Å². The number of benzene rings is 13. The maximum Gasteiger partial charge on any atom is 0.0541 e. The van der Waals surface area contributed by atoms with Crippen molar-refractivity contribution in [3.8, 4) is 55.9 Å². The fourth-order valence-corrected chi connectivity index (χ4v) is 12.7. The number of fused-ring (bicyclic) bond motifs is 8. The number of nitrogens with one attached hydrogen (secondary N) is 2. The first-order chi connectivity index (χ1) is 40.3. The SMILES string of the molecule is CC(C)(C)c1c(-c2ccc(Nc3ccc(-c4ccc5c(c4)c4ccccc4n5-c4ccccc4)cc3)cc2)cc2cc3ccccc3cc2c1-c1ccc(Nc2ccc(-c3ccc4c(c3)c3ccccc3n4-c3ccccc3)cc2)cc1. The second-order valence-electron chi connectivity index (χ2n) is 22.7. The highest BCUT2D eigenvalue weighted by atomic mass is 15.0. The van der Waals surface area contributed by atoms with Crippen molar-refractivity contribution in [2.24, 2.45) is 0 Å². The fraction of sp³-hybridized carbons (Fsp3) is 0.0513. The Hall–Kier alpha value is -10.4.